The fourth-order valence-corrected chi connectivity index (χ4v) is 6.62. The molecule has 0 heterocycles. The summed E-state index contributed by atoms with van der Waals surface area (Å²) in [5.74, 6) is 1.10. The Labute approximate surface area is 148 Å². The van der Waals surface area contributed by atoms with Crippen LogP contribution < -0.4 is 0 Å². The molecule has 2 bridgehead atoms. The predicted molar refractivity (Wildman–Crippen MR) is 100 cm³/mol. The number of rotatable bonds is 2. The van der Waals surface area contributed by atoms with Crippen LogP contribution in [-0.4, -0.2) is 5.78 Å². The maximum atomic E-state index is 12.8. The van der Waals surface area contributed by atoms with Gasteiger partial charge in [-0.15, -0.1) is 0 Å². The third-order valence-corrected chi connectivity index (χ3v) is 8.27. The van der Waals surface area contributed by atoms with E-state index in [-0.39, 0.29) is 20.2 Å². The summed E-state index contributed by atoms with van der Waals surface area (Å²) in [7, 11) is 0. The van der Waals surface area contributed by atoms with E-state index >= 15 is 0 Å². The standard InChI is InChI=1S/C20H27IO/c1-18(2,3)14-8-6-13(7-9-14)17(21)20-11-10-15(12-16(20)22)19(20,4)5/h6-9,15,17H,10-12H2,1-5H3. The molecule has 3 unspecified atom stereocenters. The van der Waals surface area contributed by atoms with E-state index in [0.717, 1.165) is 12.8 Å². The number of fused-ring (bicyclic) bond motifs is 2. The highest BCUT2D eigenvalue weighted by Crippen LogP contribution is 2.70. The first kappa shape index (κ1) is 16.5. The van der Waals surface area contributed by atoms with Crippen molar-refractivity contribution in [2.45, 2.75) is 63.2 Å². The lowest BCUT2D eigenvalue weighted by atomic mass is 9.65. The zero-order chi connectivity index (χ0) is 16.3. The summed E-state index contributed by atoms with van der Waals surface area (Å²) in [5, 5.41) is 0. The molecule has 22 heavy (non-hydrogen) atoms. The van der Waals surface area contributed by atoms with E-state index in [9.17, 15) is 4.79 Å². The number of alkyl halides is 1. The van der Waals surface area contributed by atoms with Gasteiger partial charge in [-0.1, -0.05) is 81.5 Å². The molecule has 120 valence electrons. The maximum Gasteiger partial charge on any atom is 0.141 e. The molecule has 2 aliphatic rings. The molecule has 1 aromatic rings. The minimum Gasteiger partial charge on any atom is -0.299 e. The van der Waals surface area contributed by atoms with Gasteiger partial charge in [0.25, 0.3) is 0 Å². The molecule has 0 aliphatic heterocycles. The second-order valence-electron chi connectivity index (χ2n) is 8.79. The van der Waals surface area contributed by atoms with Crippen molar-refractivity contribution in [3.05, 3.63) is 35.4 Å². The Morgan fingerprint density at radius 3 is 2.18 bits per heavy atom. The fourth-order valence-electron chi connectivity index (χ4n) is 4.74. The molecule has 1 aromatic carbocycles. The van der Waals surface area contributed by atoms with Gasteiger partial charge in [0.15, 0.2) is 0 Å². The number of carbonyl (C=O) groups is 1. The molecule has 0 aromatic heterocycles. The smallest absolute Gasteiger partial charge is 0.141 e. The van der Waals surface area contributed by atoms with Crippen LogP contribution in [0, 0.1) is 16.7 Å². The van der Waals surface area contributed by atoms with Crippen molar-refractivity contribution in [1.29, 1.82) is 0 Å². The Balaban J connectivity index is 1.97. The van der Waals surface area contributed by atoms with Crippen molar-refractivity contribution in [3.8, 4) is 0 Å². The van der Waals surface area contributed by atoms with Gasteiger partial charge in [0.05, 0.1) is 5.41 Å². The van der Waals surface area contributed by atoms with Gasteiger partial charge < -0.3 is 0 Å². The Bertz CT molecular complexity index is 593. The molecule has 2 heteroatoms. The van der Waals surface area contributed by atoms with E-state index in [1.165, 1.54) is 17.5 Å². The summed E-state index contributed by atoms with van der Waals surface area (Å²) in [4.78, 5) is 12.8. The first-order valence-corrected chi connectivity index (χ1v) is 9.63. The zero-order valence-electron chi connectivity index (χ0n) is 14.4. The molecule has 1 nitrogen and oxygen atoms in total. The predicted octanol–water partition coefficient (Wildman–Crippen LogP) is 5.86. The molecule has 3 rings (SSSR count). The van der Waals surface area contributed by atoms with E-state index in [1.807, 2.05) is 0 Å². The second-order valence-corrected chi connectivity index (χ2v) is 10.0. The molecular formula is C20H27IO. The number of benzene rings is 1. The maximum absolute atomic E-state index is 12.8. The molecule has 0 radical (unpaired) electrons. The second kappa shape index (κ2) is 5.06. The summed E-state index contributed by atoms with van der Waals surface area (Å²) in [6.45, 7) is 11.4. The van der Waals surface area contributed by atoms with Crippen LogP contribution in [0.5, 0.6) is 0 Å². The van der Waals surface area contributed by atoms with Gasteiger partial charge in [-0.3, -0.25) is 4.79 Å². The summed E-state index contributed by atoms with van der Waals surface area (Å²) in [6, 6.07) is 9.00. The van der Waals surface area contributed by atoms with E-state index in [4.69, 9.17) is 0 Å². The van der Waals surface area contributed by atoms with Gasteiger partial charge in [0.1, 0.15) is 5.78 Å². The summed E-state index contributed by atoms with van der Waals surface area (Å²) in [5.41, 5.74) is 2.84. The molecule has 2 aliphatic carbocycles. The fraction of sp³-hybridized carbons (Fsp3) is 0.650. The van der Waals surface area contributed by atoms with E-state index < -0.39 is 0 Å². The first-order chi connectivity index (χ1) is 10.1. The van der Waals surface area contributed by atoms with Crippen LogP contribution in [0.4, 0.5) is 0 Å². The number of ketones is 1. The lowest BCUT2D eigenvalue weighted by Crippen LogP contribution is -2.39. The molecule has 3 atom stereocenters. The van der Waals surface area contributed by atoms with E-state index in [2.05, 4.69) is 81.5 Å². The quantitative estimate of drug-likeness (QED) is 0.441. The van der Waals surface area contributed by atoms with Crippen molar-refractivity contribution < 1.29 is 4.79 Å². The summed E-state index contributed by atoms with van der Waals surface area (Å²) < 4.78 is 0.286. The minimum absolute atomic E-state index is 0.138. The van der Waals surface area contributed by atoms with Crippen molar-refractivity contribution >= 4 is 28.4 Å². The third kappa shape index (κ3) is 2.12. The molecule has 0 N–H and O–H groups in total. The normalized spacial score (nSPS) is 31.5. The Hall–Kier alpha value is -0.380. The summed E-state index contributed by atoms with van der Waals surface area (Å²) >= 11 is 2.54. The van der Waals surface area contributed by atoms with Crippen LogP contribution in [0.15, 0.2) is 24.3 Å². The SMILES string of the molecule is CC(C)(C)c1ccc(C(I)C23CCC(CC2=O)C3(C)C)cc1. The van der Waals surface area contributed by atoms with Crippen molar-refractivity contribution in [3.63, 3.8) is 0 Å². The van der Waals surface area contributed by atoms with Crippen molar-refractivity contribution in [1.82, 2.24) is 0 Å². The van der Waals surface area contributed by atoms with Crippen LogP contribution in [0.25, 0.3) is 0 Å². The Morgan fingerprint density at radius 2 is 1.77 bits per heavy atom. The number of hydrogen-bond acceptors (Lipinski definition) is 1. The molecule has 0 spiro atoms. The lowest BCUT2D eigenvalue weighted by Gasteiger charge is -2.41. The van der Waals surface area contributed by atoms with Gasteiger partial charge in [-0.05, 0) is 40.7 Å². The van der Waals surface area contributed by atoms with Gasteiger partial charge >= 0.3 is 0 Å². The largest absolute Gasteiger partial charge is 0.299 e. The third-order valence-electron chi connectivity index (χ3n) is 6.49. The highest BCUT2D eigenvalue weighted by atomic mass is 127. The number of Topliss-reactive ketones (excluding diaryl/α,β-unsaturated/α-hetero) is 1. The first-order valence-electron chi connectivity index (χ1n) is 8.38. The minimum atomic E-state index is -0.151. The molecule has 0 amide bonds. The lowest BCUT2D eigenvalue weighted by molar-refractivity contribution is -0.129. The Kier molecular flexibility index (Phi) is 3.79. The molecule has 0 saturated heterocycles. The average Bonchev–Trinajstić information content (AvgIpc) is 2.80. The van der Waals surface area contributed by atoms with E-state index in [1.54, 1.807) is 0 Å². The highest BCUT2D eigenvalue weighted by Gasteiger charge is 2.66. The van der Waals surface area contributed by atoms with Gasteiger partial charge in [0.2, 0.25) is 0 Å². The monoisotopic (exact) mass is 410 g/mol. The number of hydrogen-bond donors (Lipinski definition) is 0. The highest BCUT2D eigenvalue weighted by molar-refractivity contribution is 14.1. The number of carbonyl (C=O) groups excluding carboxylic acids is 1. The molecule has 2 saturated carbocycles. The van der Waals surface area contributed by atoms with Crippen LogP contribution in [0.3, 0.4) is 0 Å². The van der Waals surface area contributed by atoms with Crippen LogP contribution >= 0.6 is 22.6 Å². The molecule has 2 fully saturated rings. The zero-order valence-corrected chi connectivity index (χ0v) is 16.5. The van der Waals surface area contributed by atoms with Gasteiger partial charge in [-0.25, -0.2) is 0 Å². The number of halogens is 1. The van der Waals surface area contributed by atoms with Crippen LogP contribution in [-0.2, 0) is 10.2 Å². The van der Waals surface area contributed by atoms with E-state index in [0.29, 0.717) is 11.7 Å². The summed E-state index contributed by atoms with van der Waals surface area (Å²) in [6.07, 6.45) is 3.09. The van der Waals surface area contributed by atoms with Gasteiger partial charge in [0, 0.05) is 10.3 Å². The van der Waals surface area contributed by atoms with Crippen molar-refractivity contribution in [2.24, 2.45) is 16.7 Å². The van der Waals surface area contributed by atoms with Crippen LogP contribution in [0.2, 0.25) is 0 Å². The van der Waals surface area contributed by atoms with Gasteiger partial charge in [-0.2, -0.15) is 0 Å². The van der Waals surface area contributed by atoms with Crippen LogP contribution in [0.1, 0.15) is 68.9 Å². The average molecular weight is 410 g/mol. The molecular weight excluding hydrogens is 383 g/mol. The van der Waals surface area contributed by atoms with Crippen molar-refractivity contribution in [2.75, 3.05) is 0 Å². The Morgan fingerprint density at radius 1 is 1.18 bits per heavy atom. The topological polar surface area (TPSA) is 17.1 Å².